The summed E-state index contributed by atoms with van der Waals surface area (Å²) in [6.45, 7) is -0.0556. The number of likely N-dealkylation sites (N-methyl/N-ethyl adjacent to an activating group) is 1. The monoisotopic (exact) mass is 407 g/mol. The van der Waals surface area contributed by atoms with Gasteiger partial charge in [-0.25, -0.2) is 0 Å². The first kappa shape index (κ1) is 19.3. The molecular weight excluding hydrogens is 386 g/mol. The highest BCUT2D eigenvalue weighted by Gasteiger charge is 2.32. The first-order chi connectivity index (χ1) is 14.4. The number of rotatable bonds is 4. The van der Waals surface area contributed by atoms with Gasteiger partial charge in [0.1, 0.15) is 24.2 Å². The quantitative estimate of drug-likeness (QED) is 0.559. The summed E-state index contributed by atoms with van der Waals surface area (Å²) in [5.74, 6) is 0.0869. The predicted molar refractivity (Wildman–Crippen MR) is 111 cm³/mol. The van der Waals surface area contributed by atoms with Gasteiger partial charge in [-0.3, -0.25) is 9.59 Å². The summed E-state index contributed by atoms with van der Waals surface area (Å²) >= 11 is 0. The van der Waals surface area contributed by atoms with Crippen LogP contribution in [0.4, 0.5) is 17.1 Å². The summed E-state index contributed by atoms with van der Waals surface area (Å²) in [5, 5.41) is 6.48. The molecular formula is C21H21N5O4. The van der Waals surface area contributed by atoms with Crippen molar-refractivity contribution in [3.05, 3.63) is 65.5 Å². The summed E-state index contributed by atoms with van der Waals surface area (Å²) in [7, 11) is 1.58. The largest absolute Gasteiger partial charge is 0.489 e. The fourth-order valence-electron chi connectivity index (χ4n) is 3.21. The summed E-state index contributed by atoms with van der Waals surface area (Å²) < 4.78 is 11.0. The molecule has 0 saturated carbocycles. The maximum absolute atomic E-state index is 12.8. The van der Waals surface area contributed by atoms with Crippen molar-refractivity contribution in [1.82, 2.24) is 10.5 Å². The van der Waals surface area contributed by atoms with Crippen molar-refractivity contribution in [3.8, 4) is 5.75 Å². The molecule has 1 atom stereocenters. The van der Waals surface area contributed by atoms with Crippen LogP contribution in [-0.2, 0) is 11.2 Å². The van der Waals surface area contributed by atoms with Gasteiger partial charge in [-0.1, -0.05) is 35.5 Å². The third kappa shape index (κ3) is 3.77. The third-order valence-corrected chi connectivity index (χ3v) is 4.88. The number of aromatic nitrogens is 1. The molecule has 9 nitrogen and oxygen atoms in total. The number of nitrogens with two attached hydrogens (primary N) is 2. The smallest absolute Gasteiger partial charge is 0.274 e. The lowest BCUT2D eigenvalue weighted by Crippen LogP contribution is -2.49. The number of nitrogen functional groups attached to an aromatic ring is 2. The van der Waals surface area contributed by atoms with Gasteiger partial charge in [-0.15, -0.1) is 0 Å². The van der Waals surface area contributed by atoms with Crippen LogP contribution in [0.2, 0.25) is 0 Å². The second-order valence-electron chi connectivity index (χ2n) is 7.02. The van der Waals surface area contributed by atoms with E-state index in [9.17, 15) is 9.59 Å². The van der Waals surface area contributed by atoms with Crippen molar-refractivity contribution in [2.45, 2.75) is 12.5 Å². The van der Waals surface area contributed by atoms with Crippen LogP contribution in [0.15, 0.2) is 53.1 Å². The van der Waals surface area contributed by atoms with Gasteiger partial charge in [0.2, 0.25) is 0 Å². The van der Waals surface area contributed by atoms with Gasteiger partial charge in [0.15, 0.2) is 5.69 Å². The third-order valence-electron chi connectivity index (χ3n) is 4.88. The number of fused-ring (bicyclic) bond motifs is 1. The maximum Gasteiger partial charge on any atom is 0.274 e. The molecule has 1 aliphatic heterocycles. The molecule has 154 valence electrons. The van der Waals surface area contributed by atoms with Gasteiger partial charge in [-0.05, 0) is 11.6 Å². The molecule has 2 aromatic carbocycles. The molecule has 0 radical (unpaired) electrons. The molecule has 0 bridgehead atoms. The van der Waals surface area contributed by atoms with E-state index < -0.39 is 11.9 Å². The molecule has 0 saturated heterocycles. The summed E-state index contributed by atoms with van der Waals surface area (Å²) in [6.07, 6.45) is 0.507. The van der Waals surface area contributed by atoms with Crippen molar-refractivity contribution in [3.63, 3.8) is 0 Å². The van der Waals surface area contributed by atoms with E-state index in [0.29, 0.717) is 35.0 Å². The molecule has 4 rings (SSSR count). The maximum atomic E-state index is 12.8. The first-order valence-corrected chi connectivity index (χ1v) is 9.32. The molecule has 9 heteroatoms. The second kappa shape index (κ2) is 7.78. The van der Waals surface area contributed by atoms with E-state index in [1.165, 1.54) is 4.90 Å². The van der Waals surface area contributed by atoms with Crippen molar-refractivity contribution in [2.24, 2.45) is 0 Å². The molecule has 2 heterocycles. The van der Waals surface area contributed by atoms with Crippen molar-refractivity contribution in [1.29, 1.82) is 0 Å². The molecule has 2 amide bonds. The average Bonchev–Trinajstić information content (AvgIpc) is 3.17. The molecule has 0 spiro atoms. The lowest BCUT2D eigenvalue weighted by Gasteiger charge is -2.20. The fourth-order valence-corrected chi connectivity index (χ4v) is 3.21. The van der Waals surface area contributed by atoms with Gasteiger partial charge in [0.05, 0.1) is 17.1 Å². The molecule has 3 aromatic rings. The number of nitrogens with zero attached hydrogens (tertiary/aromatic N) is 2. The lowest BCUT2D eigenvalue weighted by atomic mass is 10.1. The van der Waals surface area contributed by atoms with Crippen LogP contribution >= 0.6 is 0 Å². The number of ether oxygens (including phenoxy) is 1. The highest BCUT2D eigenvalue weighted by atomic mass is 16.5. The van der Waals surface area contributed by atoms with Crippen LogP contribution in [0.1, 0.15) is 21.8 Å². The summed E-state index contributed by atoms with van der Waals surface area (Å²) in [6, 6.07) is 13.5. The van der Waals surface area contributed by atoms with E-state index in [1.807, 2.05) is 30.3 Å². The van der Waals surface area contributed by atoms with Crippen LogP contribution in [0.25, 0.3) is 0 Å². The van der Waals surface area contributed by atoms with E-state index >= 15 is 0 Å². The lowest BCUT2D eigenvalue weighted by molar-refractivity contribution is -0.120. The standard InChI is InChI=1S/C21H21N5O4/c1-26-18-9-14(22)15(23)10-19(18)29-11-17(21(26)28)24-20(27)16-8-13(30-25-16)7-12-5-3-2-4-6-12/h2-6,8-10,17H,7,11,22-23H2,1H3,(H,24,27). The molecule has 1 aromatic heterocycles. The van der Waals surface area contributed by atoms with E-state index in [0.717, 1.165) is 5.56 Å². The fraction of sp³-hybridized carbons (Fsp3) is 0.190. The number of amides is 2. The average molecular weight is 407 g/mol. The van der Waals surface area contributed by atoms with Gasteiger partial charge >= 0.3 is 0 Å². The molecule has 0 fully saturated rings. The Labute approximate surface area is 172 Å². The number of benzene rings is 2. The molecule has 1 unspecified atom stereocenters. The summed E-state index contributed by atoms with van der Waals surface area (Å²) in [4.78, 5) is 26.8. The number of hydrogen-bond donors (Lipinski definition) is 3. The minimum atomic E-state index is -0.911. The van der Waals surface area contributed by atoms with Gasteiger partial charge in [0.25, 0.3) is 11.8 Å². The van der Waals surface area contributed by atoms with Crippen LogP contribution < -0.4 is 26.4 Å². The van der Waals surface area contributed by atoms with Gasteiger partial charge < -0.3 is 30.9 Å². The number of hydrogen-bond acceptors (Lipinski definition) is 7. The Morgan fingerprint density at radius 2 is 1.93 bits per heavy atom. The zero-order valence-electron chi connectivity index (χ0n) is 16.3. The van der Waals surface area contributed by atoms with E-state index in [4.69, 9.17) is 20.7 Å². The van der Waals surface area contributed by atoms with Crippen LogP contribution in [0, 0.1) is 0 Å². The number of anilines is 3. The topological polar surface area (TPSA) is 137 Å². The Balaban J connectivity index is 1.47. The van der Waals surface area contributed by atoms with Crippen molar-refractivity contribution >= 4 is 28.9 Å². The van der Waals surface area contributed by atoms with Gasteiger partial charge in [0, 0.05) is 25.6 Å². The van der Waals surface area contributed by atoms with Crippen LogP contribution in [0.3, 0.4) is 0 Å². The zero-order valence-corrected chi connectivity index (χ0v) is 16.3. The number of carbonyl (C=O) groups excluding carboxylic acids is 2. The Hall–Kier alpha value is -4.01. The van der Waals surface area contributed by atoms with Crippen molar-refractivity contribution < 1.29 is 18.8 Å². The zero-order chi connectivity index (χ0) is 21.3. The van der Waals surface area contributed by atoms with Gasteiger partial charge in [-0.2, -0.15) is 0 Å². The highest BCUT2D eigenvalue weighted by Crippen LogP contribution is 2.35. The minimum absolute atomic E-state index is 0.0556. The molecule has 5 N–H and O–H groups in total. The predicted octanol–water partition coefficient (Wildman–Crippen LogP) is 1.58. The van der Waals surface area contributed by atoms with E-state index in [1.54, 1.807) is 25.2 Å². The SMILES string of the molecule is CN1C(=O)C(NC(=O)c2cc(Cc3ccccc3)on2)COc2cc(N)c(N)cc21. The Morgan fingerprint density at radius 3 is 2.70 bits per heavy atom. The van der Waals surface area contributed by atoms with Crippen molar-refractivity contribution in [2.75, 3.05) is 30.0 Å². The minimum Gasteiger partial charge on any atom is -0.489 e. The highest BCUT2D eigenvalue weighted by molar-refractivity contribution is 6.03. The molecule has 1 aliphatic rings. The van der Waals surface area contributed by atoms with E-state index in [2.05, 4.69) is 10.5 Å². The Morgan fingerprint density at radius 1 is 1.20 bits per heavy atom. The summed E-state index contributed by atoms with van der Waals surface area (Å²) in [5.41, 5.74) is 14.0. The number of nitrogens with one attached hydrogen (secondary N) is 1. The first-order valence-electron chi connectivity index (χ1n) is 9.32. The second-order valence-corrected chi connectivity index (χ2v) is 7.02. The Bertz CT molecular complexity index is 1100. The Kier molecular flexibility index (Phi) is 5.01. The molecule has 30 heavy (non-hydrogen) atoms. The van der Waals surface area contributed by atoms with Crippen LogP contribution in [0.5, 0.6) is 5.75 Å². The molecule has 0 aliphatic carbocycles. The number of carbonyl (C=O) groups is 2. The van der Waals surface area contributed by atoms with Crippen LogP contribution in [-0.4, -0.2) is 36.7 Å². The normalized spacial score (nSPS) is 15.8. The van der Waals surface area contributed by atoms with E-state index in [-0.39, 0.29) is 18.2 Å².